The van der Waals surface area contributed by atoms with E-state index in [9.17, 15) is 19.5 Å². The van der Waals surface area contributed by atoms with E-state index >= 15 is 0 Å². The highest BCUT2D eigenvalue weighted by atomic mass is 16.6. The number of nitrogens with one attached hydrogen (secondary N) is 2. The molecule has 0 aromatic heterocycles. The molecular formula is C34H51N3O5. The van der Waals surface area contributed by atoms with Gasteiger partial charge in [-0.05, 0) is 103 Å². The number of hydrogen-bond donors (Lipinski definition) is 3. The van der Waals surface area contributed by atoms with Crippen molar-refractivity contribution >= 4 is 17.9 Å². The molecule has 0 radical (unpaired) electrons. The standard InChI is InChI=1S/C34H51N3O5/c1-22(2)16-17-24(4)37(29(30(39)36-33(5,6)7)26-18-19-28(38)23(3)20-26)31(40)27(21-25-14-12-11-13-15-25)35-32(41)42-34(8,9)10/h11-15,18-20,22,24,27,29,38H,16-17,21H2,1-10H3,(H,35,41)(H,36,39). The lowest BCUT2D eigenvalue weighted by molar-refractivity contribution is -0.145. The van der Waals surface area contributed by atoms with E-state index in [1.54, 1.807) is 50.8 Å². The molecule has 0 fully saturated rings. The van der Waals surface area contributed by atoms with Gasteiger partial charge in [0, 0.05) is 18.0 Å². The molecule has 0 saturated carbocycles. The fourth-order valence-corrected chi connectivity index (χ4v) is 4.72. The Morgan fingerprint density at radius 3 is 2.07 bits per heavy atom. The molecule has 232 valence electrons. The molecule has 2 aromatic carbocycles. The second-order valence-corrected chi connectivity index (χ2v) is 13.6. The van der Waals surface area contributed by atoms with E-state index in [0.29, 0.717) is 23.5 Å². The van der Waals surface area contributed by atoms with Crippen LogP contribution in [0, 0.1) is 12.8 Å². The van der Waals surface area contributed by atoms with Crippen molar-refractivity contribution in [2.75, 3.05) is 0 Å². The number of amides is 3. The SMILES string of the molecule is Cc1cc(C(C(=O)NC(C)(C)C)N(C(=O)C(Cc2ccccc2)NC(=O)OC(C)(C)C)C(C)CCC(C)C)ccc1O. The lowest BCUT2D eigenvalue weighted by atomic mass is 9.94. The zero-order valence-corrected chi connectivity index (χ0v) is 27.1. The first-order valence-electron chi connectivity index (χ1n) is 14.8. The highest BCUT2D eigenvalue weighted by molar-refractivity contribution is 5.92. The average molecular weight is 582 g/mol. The maximum Gasteiger partial charge on any atom is 0.408 e. The second-order valence-electron chi connectivity index (χ2n) is 13.6. The monoisotopic (exact) mass is 581 g/mol. The van der Waals surface area contributed by atoms with Crippen LogP contribution in [-0.2, 0) is 20.7 Å². The summed E-state index contributed by atoms with van der Waals surface area (Å²) < 4.78 is 5.53. The van der Waals surface area contributed by atoms with Gasteiger partial charge in [0.2, 0.25) is 11.8 Å². The number of hydrogen-bond acceptors (Lipinski definition) is 5. The first kappa shape index (κ1) is 34.7. The number of phenols is 1. The first-order valence-corrected chi connectivity index (χ1v) is 14.8. The van der Waals surface area contributed by atoms with Crippen molar-refractivity contribution in [2.24, 2.45) is 5.92 Å². The molecule has 8 nitrogen and oxygen atoms in total. The van der Waals surface area contributed by atoms with Gasteiger partial charge in [0.1, 0.15) is 23.4 Å². The van der Waals surface area contributed by atoms with Gasteiger partial charge in [0.15, 0.2) is 0 Å². The van der Waals surface area contributed by atoms with Crippen molar-refractivity contribution in [3.05, 3.63) is 65.2 Å². The highest BCUT2D eigenvalue weighted by Gasteiger charge is 2.40. The van der Waals surface area contributed by atoms with Crippen LogP contribution >= 0.6 is 0 Å². The Bertz CT molecular complexity index is 1200. The van der Waals surface area contributed by atoms with Crippen LogP contribution in [0.3, 0.4) is 0 Å². The van der Waals surface area contributed by atoms with Crippen LogP contribution in [0.25, 0.3) is 0 Å². The Balaban J connectivity index is 2.69. The fraction of sp³-hybridized carbons (Fsp3) is 0.559. The van der Waals surface area contributed by atoms with Crippen molar-refractivity contribution in [3.8, 4) is 5.75 Å². The number of rotatable bonds is 11. The maximum absolute atomic E-state index is 14.7. The van der Waals surface area contributed by atoms with E-state index in [2.05, 4.69) is 24.5 Å². The molecule has 0 saturated heterocycles. The summed E-state index contributed by atoms with van der Waals surface area (Å²) in [5.74, 6) is -0.232. The Kier molecular flexibility index (Phi) is 12.0. The molecule has 2 rings (SSSR count). The molecule has 3 unspecified atom stereocenters. The van der Waals surface area contributed by atoms with Gasteiger partial charge in [-0.2, -0.15) is 0 Å². The number of aromatic hydroxyl groups is 1. The lowest BCUT2D eigenvalue weighted by Crippen LogP contribution is -2.57. The quantitative estimate of drug-likeness (QED) is 0.283. The number of ether oxygens (including phenoxy) is 1. The summed E-state index contributed by atoms with van der Waals surface area (Å²) in [5, 5.41) is 16.1. The summed E-state index contributed by atoms with van der Waals surface area (Å²) in [6, 6.07) is 12.1. The van der Waals surface area contributed by atoms with Crippen molar-refractivity contribution in [1.82, 2.24) is 15.5 Å². The third kappa shape index (κ3) is 11.0. The maximum atomic E-state index is 14.7. The second kappa shape index (κ2) is 14.6. The predicted molar refractivity (Wildman–Crippen MR) is 167 cm³/mol. The first-order chi connectivity index (χ1) is 19.4. The van der Waals surface area contributed by atoms with Gasteiger partial charge < -0.3 is 25.4 Å². The average Bonchev–Trinajstić information content (AvgIpc) is 2.85. The van der Waals surface area contributed by atoms with E-state index in [4.69, 9.17) is 4.74 Å². The molecule has 3 atom stereocenters. The van der Waals surface area contributed by atoms with E-state index < -0.39 is 29.3 Å². The summed E-state index contributed by atoms with van der Waals surface area (Å²) in [5.41, 5.74) is 0.712. The van der Waals surface area contributed by atoms with Crippen LogP contribution in [0.1, 0.15) is 97.9 Å². The zero-order chi connectivity index (χ0) is 31.8. The Morgan fingerprint density at radius 2 is 1.55 bits per heavy atom. The molecule has 3 N–H and O–H groups in total. The largest absolute Gasteiger partial charge is 0.508 e. The van der Waals surface area contributed by atoms with E-state index in [1.807, 2.05) is 58.0 Å². The van der Waals surface area contributed by atoms with Gasteiger partial charge in [0.25, 0.3) is 0 Å². The third-order valence-electron chi connectivity index (χ3n) is 6.72. The van der Waals surface area contributed by atoms with E-state index in [-0.39, 0.29) is 30.0 Å². The number of benzene rings is 2. The van der Waals surface area contributed by atoms with Gasteiger partial charge in [-0.1, -0.05) is 50.2 Å². The molecule has 2 aromatic rings. The number of carbonyl (C=O) groups is 3. The topological polar surface area (TPSA) is 108 Å². The van der Waals surface area contributed by atoms with Crippen molar-refractivity contribution < 1.29 is 24.2 Å². The summed E-state index contributed by atoms with van der Waals surface area (Å²) in [4.78, 5) is 43.4. The van der Waals surface area contributed by atoms with E-state index in [1.165, 1.54) is 0 Å². The molecule has 0 aliphatic heterocycles. The van der Waals surface area contributed by atoms with Crippen LogP contribution < -0.4 is 10.6 Å². The minimum atomic E-state index is -1.00. The molecular weight excluding hydrogens is 530 g/mol. The Morgan fingerprint density at radius 1 is 0.929 bits per heavy atom. The smallest absolute Gasteiger partial charge is 0.408 e. The van der Waals surface area contributed by atoms with Crippen molar-refractivity contribution in [1.29, 1.82) is 0 Å². The number of alkyl carbamates (subject to hydrolysis) is 1. The molecule has 8 heteroatoms. The number of nitrogens with zero attached hydrogens (tertiary/aromatic N) is 1. The van der Waals surface area contributed by atoms with Gasteiger partial charge in [-0.15, -0.1) is 0 Å². The van der Waals surface area contributed by atoms with Gasteiger partial charge in [-0.25, -0.2) is 4.79 Å². The minimum absolute atomic E-state index is 0.105. The molecule has 0 aliphatic rings. The van der Waals surface area contributed by atoms with Crippen molar-refractivity contribution in [2.45, 2.75) is 118 Å². The number of phenolic OH excluding ortho intramolecular Hbond substituents is 1. The molecule has 3 amide bonds. The zero-order valence-electron chi connectivity index (χ0n) is 27.1. The molecule has 42 heavy (non-hydrogen) atoms. The molecule has 0 heterocycles. The van der Waals surface area contributed by atoms with Gasteiger partial charge in [0.05, 0.1) is 0 Å². The fourth-order valence-electron chi connectivity index (χ4n) is 4.72. The normalized spacial score (nSPS) is 14.1. The van der Waals surface area contributed by atoms with Gasteiger partial charge in [-0.3, -0.25) is 9.59 Å². The molecule has 0 aliphatic carbocycles. The van der Waals surface area contributed by atoms with Crippen LogP contribution in [0.5, 0.6) is 5.75 Å². The Hall–Kier alpha value is -3.55. The summed E-state index contributed by atoms with van der Waals surface area (Å²) in [6.07, 6.45) is 1.01. The summed E-state index contributed by atoms with van der Waals surface area (Å²) in [6.45, 7) is 18.9. The number of carbonyl (C=O) groups excluding carboxylic acids is 3. The summed E-state index contributed by atoms with van der Waals surface area (Å²) >= 11 is 0. The van der Waals surface area contributed by atoms with Crippen LogP contribution in [0.4, 0.5) is 4.79 Å². The lowest BCUT2D eigenvalue weighted by Gasteiger charge is -2.40. The highest BCUT2D eigenvalue weighted by Crippen LogP contribution is 2.31. The predicted octanol–water partition coefficient (Wildman–Crippen LogP) is 6.45. The van der Waals surface area contributed by atoms with E-state index in [0.717, 1.165) is 12.0 Å². The van der Waals surface area contributed by atoms with Crippen LogP contribution in [0.2, 0.25) is 0 Å². The third-order valence-corrected chi connectivity index (χ3v) is 6.72. The van der Waals surface area contributed by atoms with Crippen LogP contribution in [0.15, 0.2) is 48.5 Å². The molecule has 0 bridgehead atoms. The molecule has 0 spiro atoms. The van der Waals surface area contributed by atoms with Gasteiger partial charge >= 0.3 is 6.09 Å². The number of aryl methyl sites for hydroxylation is 1. The summed E-state index contributed by atoms with van der Waals surface area (Å²) in [7, 11) is 0. The van der Waals surface area contributed by atoms with Crippen LogP contribution in [-0.4, -0.2) is 51.1 Å². The minimum Gasteiger partial charge on any atom is -0.508 e. The Labute approximate surface area is 252 Å². The van der Waals surface area contributed by atoms with Crippen molar-refractivity contribution in [3.63, 3.8) is 0 Å².